The third kappa shape index (κ3) is 4.91. The van der Waals surface area contributed by atoms with E-state index >= 15 is 0 Å². The van der Waals surface area contributed by atoms with Crippen molar-refractivity contribution in [2.24, 2.45) is 0 Å². The number of amides is 1. The molecule has 0 bridgehead atoms. The fourth-order valence-corrected chi connectivity index (χ4v) is 5.47. The highest BCUT2D eigenvalue weighted by atomic mass is 19.4. The molecule has 1 saturated heterocycles. The molecular weight excluding hydrogens is 476 g/mol. The fraction of sp³-hybridized carbons (Fsp3) is 0.462. The van der Waals surface area contributed by atoms with Crippen molar-refractivity contribution in [1.29, 1.82) is 0 Å². The van der Waals surface area contributed by atoms with Crippen LogP contribution < -0.4 is 5.69 Å². The minimum Gasteiger partial charge on any atom is -0.334 e. The van der Waals surface area contributed by atoms with Gasteiger partial charge in [-0.05, 0) is 62.1 Å². The van der Waals surface area contributed by atoms with Crippen LogP contribution in [-0.2, 0) is 13.1 Å². The van der Waals surface area contributed by atoms with Crippen LogP contribution in [0.5, 0.6) is 0 Å². The molecule has 3 aromatic rings. The molecule has 36 heavy (non-hydrogen) atoms. The highest BCUT2D eigenvalue weighted by molar-refractivity contribution is 5.98. The number of carbonyl (C=O) groups excluding carboxylic acids is 1. The molecule has 10 heteroatoms. The van der Waals surface area contributed by atoms with Crippen molar-refractivity contribution in [3.63, 3.8) is 0 Å². The van der Waals surface area contributed by atoms with Crippen molar-refractivity contribution in [3.05, 3.63) is 69.9 Å². The van der Waals surface area contributed by atoms with Gasteiger partial charge in [0.15, 0.2) is 0 Å². The number of rotatable bonds is 7. The summed E-state index contributed by atoms with van der Waals surface area (Å²) in [5.41, 5.74) is 1.41. The van der Waals surface area contributed by atoms with Crippen LogP contribution in [0, 0.1) is 5.82 Å². The summed E-state index contributed by atoms with van der Waals surface area (Å²) in [5, 5.41) is 0. The van der Waals surface area contributed by atoms with Crippen molar-refractivity contribution in [2.75, 3.05) is 26.2 Å². The molecule has 5 rings (SSSR count). The van der Waals surface area contributed by atoms with E-state index < -0.39 is 24.2 Å². The Balaban J connectivity index is 1.17. The molecule has 0 saturated carbocycles. The Labute approximate surface area is 205 Å². The lowest BCUT2D eigenvalue weighted by Crippen LogP contribution is -2.39. The number of benzene rings is 2. The Bertz CT molecular complexity index is 1320. The number of nitrogens with zero attached hydrogens (tertiary/aromatic N) is 4. The SMILES string of the molecule is O=C1c2ccccc2CN1CCCCN1CCC(n2c(=O)n(CC(F)(F)F)c3cc(F)ccc32)CC1. The van der Waals surface area contributed by atoms with Crippen LogP contribution in [0.15, 0.2) is 47.3 Å². The Hall–Kier alpha value is -3.14. The van der Waals surface area contributed by atoms with Crippen molar-refractivity contribution >= 4 is 16.9 Å². The van der Waals surface area contributed by atoms with Gasteiger partial charge in [0, 0.05) is 37.8 Å². The lowest BCUT2D eigenvalue weighted by atomic mass is 10.0. The molecule has 0 atom stereocenters. The Morgan fingerprint density at radius 1 is 0.917 bits per heavy atom. The third-order valence-corrected chi connectivity index (χ3v) is 7.23. The van der Waals surface area contributed by atoms with Crippen LogP contribution in [0.4, 0.5) is 17.6 Å². The van der Waals surface area contributed by atoms with Gasteiger partial charge < -0.3 is 9.80 Å². The molecule has 1 amide bonds. The van der Waals surface area contributed by atoms with Gasteiger partial charge in [0.05, 0.1) is 11.0 Å². The summed E-state index contributed by atoms with van der Waals surface area (Å²) in [6, 6.07) is 11.0. The molecule has 1 aromatic heterocycles. The van der Waals surface area contributed by atoms with Crippen molar-refractivity contribution < 1.29 is 22.4 Å². The normalized spacial score (nSPS) is 17.3. The van der Waals surface area contributed by atoms with E-state index in [9.17, 15) is 27.2 Å². The van der Waals surface area contributed by atoms with Crippen molar-refractivity contribution in [1.82, 2.24) is 18.9 Å². The minimum absolute atomic E-state index is 0.0293. The average molecular weight is 505 g/mol. The predicted octanol–water partition coefficient (Wildman–Crippen LogP) is 4.58. The number of likely N-dealkylation sites (tertiary alicyclic amines) is 1. The van der Waals surface area contributed by atoms with E-state index in [-0.39, 0.29) is 17.5 Å². The maximum atomic E-state index is 13.8. The number of piperidine rings is 1. The number of carbonyl (C=O) groups is 1. The van der Waals surface area contributed by atoms with Gasteiger partial charge in [-0.2, -0.15) is 13.2 Å². The molecule has 2 aliphatic heterocycles. The second kappa shape index (κ2) is 9.72. The van der Waals surface area contributed by atoms with E-state index in [0.29, 0.717) is 36.0 Å². The molecule has 192 valence electrons. The largest absolute Gasteiger partial charge is 0.406 e. The maximum absolute atomic E-state index is 13.8. The monoisotopic (exact) mass is 504 g/mol. The average Bonchev–Trinajstić information content (AvgIpc) is 3.30. The van der Waals surface area contributed by atoms with Gasteiger partial charge >= 0.3 is 11.9 Å². The van der Waals surface area contributed by atoms with Gasteiger partial charge in [-0.25, -0.2) is 9.18 Å². The van der Waals surface area contributed by atoms with E-state index in [1.165, 1.54) is 16.7 Å². The van der Waals surface area contributed by atoms with E-state index in [2.05, 4.69) is 4.90 Å². The topological polar surface area (TPSA) is 50.5 Å². The highest BCUT2D eigenvalue weighted by Gasteiger charge is 2.32. The molecule has 2 aliphatic rings. The standard InChI is InChI=1S/C26H28F4N4O2/c27-19-7-8-22-23(15-19)33(17-26(28,29)30)25(36)34(22)20-9-13-31(14-10-20)11-3-4-12-32-16-18-5-1-2-6-21(18)24(32)35/h1-2,5-8,15,20H,3-4,9-14,16-17H2. The lowest BCUT2D eigenvalue weighted by molar-refractivity contribution is -0.140. The number of fused-ring (bicyclic) bond motifs is 2. The summed E-state index contributed by atoms with van der Waals surface area (Å²) >= 11 is 0. The van der Waals surface area contributed by atoms with Crippen LogP contribution in [0.3, 0.4) is 0 Å². The molecule has 1 fully saturated rings. The van der Waals surface area contributed by atoms with Gasteiger partial charge in [0.25, 0.3) is 5.91 Å². The molecule has 0 N–H and O–H groups in total. The number of hydrogen-bond donors (Lipinski definition) is 0. The summed E-state index contributed by atoms with van der Waals surface area (Å²) in [4.78, 5) is 29.6. The number of imidazole rings is 1. The van der Waals surface area contributed by atoms with Crippen molar-refractivity contribution in [2.45, 2.75) is 51.0 Å². The van der Waals surface area contributed by atoms with E-state index in [1.807, 2.05) is 29.2 Å². The lowest BCUT2D eigenvalue weighted by Gasteiger charge is -2.32. The first kappa shape index (κ1) is 24.5. The first-order valence-electron chi connectivity index (χ1n) is 12.3. The molecule has 6 nitrogen and oxygen atoms in total. The number of halogens is 4. The van der Waals surface area contributed by atoms with Crippen LogP contribution in [-0.4, -0.2) is 57.2 Å². The third-order valence-electron chi connectivity index (χ3n) is 7.23. The highest BCUT2D eigenvalue weighted by Crippen LogP contribution is 2.28. The van der Waals surface area contributed by atoms with Gasteiger partial charge in [-0.15, -0.1) is 0 Å². The van der Waals surface area contributed by atoms with E-state index in [0.717, 1.165) is 49.7 Å². The summed E-state index contributed by atoms with van der Waals surface area (Å²) in [5.74, 6) is -0.591. The quantitative estimate of drug-likeness (QED) is 0.350. The maximum Gasteiger partial charge on any atom is 0.406 e. The molecule has 2 aromatic carbocycles. The Morgan fingerprint density at radius 2 is 1.64 bits per heavy atom. The first-order chi connectivity index (χ1) is 17.2. The van der Waals surface area contributed by atoms with Gasteiger partial charge in [0.2, 0.25) is 0 Å². The van der Waals surface area contributed by atoms with Crippen LogP contribution in [0.25, 0.3) is 11.0 Å². The van der Waals surface area contributed by atoms with E-state index in [1.54, 1.807) is 0 Å². The summed E-state index contributed by atoms with van der Waals surface area (Å²) in [6.45, 7) is 2.21. The fourth-order valence-electron chi connectivity index (χ4n) is 5.47. The zero-order chi connectivity index (χ0) is 25.4. The first-order valence-corrected chi connectivity index (χ1v) is 12.3. The Morgan fingerprint density at radius 3 is 2.36 bits per heavy atom. The van der Waals surface area contributed by atoms with Crippen LogP contribution in [0.2, 0.25) is 0 Å². The molecular formula is C26H28F4N4O2. The van der Waals surface area contributed by atoms with Gasteiger partial charge in [0.1, 0.15) is 12.4 Å². The smallest absolute Gasteiger partial charge is 0.334 e. The Kier molecular flexibility index (Phi) is 6.63. The van der Waals surface area contributed by atoms with Gasteiger partial charge in [-0.1, -0.05) is 18.2 Å². The van der Waals surface area contributed by atoms with Crippen LogP contribution in [0.1, 0.15) is 47.6 Å². The van der Waals surface area contributed by atoms with E-state index in [4.69, 9.17) is 0 Å². The summed E-state index contributed by atoms with van der Waals surface area (Å²) in [6.07, 6.45) is -1.52. The molecule has 0 unspecified atom stereocenters. The molecule has 3 heterocycles. The van der Waals surface area contributed by atoms with Crippen LogP contribution >= 0.6 is 0 Å². The number of alkyl halides is 3. The summed E-state index contributed by atoms with van der Waals surface area (Å²) < 4.78 is 55.1. The second-order valence-electron chi connectivity index (χ2n) is 9.65. The number of aromatic nitrogens is 2. The molecule has 0 aliphatic carbocycles. The predicted molar refractivity (Wildman–Crippen MR) is 127 cm³/mol. The van der Waals surface area contributed by atoms with Crippen molar-refractivity contribution in [3.8, 4) is 0 Å². The second-order valence-corrected chi connectivity index (χ2v) is 9.65. The molecule has 0 radical (unpaired) electrons. The summed E-state index contributed by atoms with van der Waals surface area (Å²) in [7, 11) is 0. The minimum atomic E-state index is -4.58. The number of unbranched alkanes of at least 4 members (excludes halogenated alkanes) is 1. The van der Waals surface area contributed by atoms with Gasteiger partial charge in [-0.3, -0.25) is 13.9 Å². The zero-order valence-corrected chi connectivity index (χ0v) is 19.8. The zero-order valence-electron chi connectivity index (χ0n) is 19.8. The molecule has 0 spiro atoms. The number of hydrogen-bond acceptors (Lipinski definition) is 3.